The molecule has 1 aromatic carbocycles. The van der Waals surface area contributed by atoms with E-state index >= 15 is 0 Å². The van der Waals surface area contributed by atoms with Crippen LogP contribution in [0.5, 0.6) is 0 Å². The van der Waals surface area contributed by atoms with Gasteiger partial charge in [-0.1, -0.05) is 62.2 Å². The predicted molar refractivity (Wildman–Crippen MR) is 100 cm³/mol. The van der Waals surface area contributed by atoms with Crippen molar-refractivity contribution < 1.29 is 14.3 Å². The standard InChI is InChI=1S/C19H25Cl2NO3/c1-2-3-4-5-6-7-11-22-17-15(21)10-9-14(20)16(17)19(18(22)23)24-12-8-13-25-19/h9-10H,2-8,11-13H2,1H3. The molecule has 2 heterocycles. The van der Waals surface area contributed by atoms with Crippen LogP contribution in [0.4, 0.5) is 5.69 Å². The largest absolute Gasteiger partial charge is 0.338 e. The third kappa shape index (κ3) is 3.55. The lowest BCUT2D eigenvalue weighted by Gasteiger charge is -2.32. The zero-order valence-electron chi connectivity index (χ0n) is 14.7. The third-order valence-electron chi connectivity index (χ3n) is 4.84. The molecule has 1 fully saturated rings. The van der Waals surface area contributed by atoms with E-state index in [1.807, 2.05) is 0 Å². The van der Waals surface area contributed by atoms with Gasteiger partial charge in [0.15, 0.2) is 0 Å². The van der Waals surface area contributed by atoms with Crippen molar-refractivity contribution in [3.8, 4) is 0 Å². The number of benzene rings is 1. The Labute approximate surface area is 159 Å². The quantitative estimate of drug-likeness (QED) is 0.598. The number of anilines is 1. The highest BCUT2D eigenvalue weighted by molar-refractivity contribution is 6.38. The predicted octanol–water partition coefficient (Wildman–Crippen LogP) is 5.29. The van der Waals surface area contributed by atoms with E-state index in [1.165, 1.54) is 25.7 Å². The highest BCUT2D eigenvalue weighted by Gasteiger charge is 2.56. The Morgan fingerprint density at radius 2 is 1.68 bits per heavy atom. The SMILES string of the molecule is CCCCCCCCN1C(=O)C2(OCCCO2)c2c(Cl)ccc(Cl)c21. The van der Waals surface area contributed by atoms with Crippen molar-refractivity contribution in [2.75, 3.05) is 24.7 Å². The summed E-state index contributed by atoms with van der Waals surface area (Å²) in [5.74, 6) is -1.62. The molecule has 1 amide bonds. The molecule has 2 aliphatic heterocycles. The van der Waals surface area contributed by atoms with Crippen LogP contribution < -0.4 is 4.90 Å². The number of ether oxygens (including phenoxy) is 2. The van der Waals surface area contributed by atoms with Crippen LogP contribution in [-0.2, 0) is 20.1 Å². The Morgan fingerprint density at radius 1 is 1.04 bits per heavy atom. The van der Waals surface area contributed by atoms with E-state index in [0.717, 1.165) is 19.3 Å². The van der Waals surface area contributed by atoms with Crippen molar-refractivity contribution >= 4 is 34.8 Å². The first kappa shape index (κ1) is 19.0. The lowest BCUT2D eigenvalue weighted by molar-refractivity contribution is -0.256. The topological polar surface area (TPSA) is 38.8 Å². The number of carbonyl (C=O) groups is 1. The van der Waals surface area contributed by atoms with E-state index < -0.39 is 5.79 Å². The van der Waals surface area contributed by atoms with Crippen LogP contribution in [0.15, 0.2) is 12.1 Å². The van der Waals surface area contributed by atoms with Crippen LogP contribution in [0.1, 0.15) is 57.4 Å². The molecular formula is C19H25Cl2NO3. The summed E-state index contributed by atoms with van der Waals surface area (Å²) < 4.78 is 11.7. The molecule has 0 saturated carbocycles. The van der Waals surface area contributed by atoms with Gasteiger partial charge >= 0.3 is 0 Å². The summed E-state index contributed by atoms with van der Waals surface area (Å²) >= 11 is 12.8. The maximum atomic E-state index is 13.2. The maximum absolute atomic E-state index is 13.2. The van der Waals surface area contributed by atoms with Crippen molar-refractivity contribution in [2.24, 2.45) is 0 Å². The third-order valence-corrected chi connectivity index (χ3v) is 5.46. The second-order valence-corrected chi connectivity index (χ2v) is 7.46. The first-order chi connectivity index (χ1) is 12.1. The van der Waals surface area contributed by atoms with Crippen LogP contribution in [-0.4, -0.2) is 25.7 Å². The first-order valence-corrected chi connectivity index (χ1v) is 9.95. The second kappa shape index (κ2) is 8.26. The smallest absolute Gasteiger partial charge is 0.292 e. The molecule has 138 valence electrons. The van der Waals surface area contributed by atoms with Gasteiger partial charge in [-0.15, -0.1) is 0 Å². The van der Waals surface area contributed by atoms with Crippen molar-refractivity contribution in [3.05, 3.63) is 27.7 Å². The van der Waals surface area contributed by atoms with Gasteiger partial charge in [0.25, 0.3) is 11.7 Å². The number of carbonyl (C=O) groups excluding carboxylic acids is 1. The zero-order valence-corrected chi connectivity index (χ0v) is 16.2. The molecule has 0 radical (unpaired) electrons. The van der Waals surface area contributed by atoms with E-state index in [-0.39, 0.29) is 5.91 Å². The molecule has 1 spiro atoms. The van der Waals surface area contributed by atoms with Crippen molar-refractivity contribution in [1.82, 2.24) is 0 Å². The summed E-state index contributed by atoms with van der Waals surface area (Å²) in [6, 6.07) is 3.43. The molecule has 1 aromatic rings. The summed E-state index contributed by atoms with van der Waals surface area (Å²) in [6.07, 6.45) is 7.69. The fourth-order valence-corrected chi connectivity index (χ4v) is 4.10. The average molecular weight is 386 g/mol. The normalized spacial score (nSPS) is 18.8. The van der Waals surface area contributed by atoms with Crippen LogP contribution in [0.2, 0.25) is 10.0 Å². The van der Waals surface area contributed by atoms with E-state index in [0.29, 0.717) is 41.1 Å². The zero-order chi connectivity index (χ0) is 17.9. The number of amides is 1. The number of hydrogen-bond acceptors (Lipinski definition) is 3. The van der Waals surface area contributed by atoms with Gasteiger partial charge in [-0.3, -0.25) is 4.79 Å². The van der Waals surface area contributed by atoms with Gasteiger partial charge < -0.3 is 14.4 Å². The Kier molecular flexibility index (Phi) is 6.26. The summed E-state index contributed by atoms with van der Waals surface area (Å²) in [6.45, 7) is 3.75. The summed E-state index contributed by atoms with van der Waals surface area (Å²) in [5, 5.41) is 0.966. The molecule has 2 aliphatic rings. The van der Waals surface area contributed by atoms with Crippen molar-refractivity contribution in [2.45, 2.75) is 57.7 Å². The second-order valence-electron chi connectivity index (χ2n) is 6.64. The van der Waals surface area contributed by atoms with Gasteiger partial charge in [-0.05, 0) is 25.0 Å². The van der Waals surface area contributed by atoms with E-state index in [9.17, 15) is 4.79 Å². The minimum absolute atomic E-state index is 0.203. The van der Waals surface area contributed by atoms with Gasteiger partial charge in [0, 0.05) is 6.54 Å². The van der Waals surface area contributed by atoms with Gasteiger partial charge in [0.05, 0.1) is 34.5 Å². The lowest BCUT2D eigenvalue weighted by Crippen LogP contribution is -2.47. The molecule has 6 heteroatoms. The number of hydrogen-bond donors (Lipinski definition) is 0. The van der Waals surface area contributed by atoms with E-state index in [4.69, 9.17) is 32.7 Å². The fraction of sp³-hybridized carbons (Fsp3) is 0.632. The van der Waals surface area contributed by atoms with Crippen LogP contribution in [0.3, 0.4) is 0 Å². The first-order valence-electron chi connectivity index (χ1n) is 9.20. The summed E-state index contributed by atoms with van der Waals surface area (Å²) in [4.78, 5) is 14.9. The Hall–Kier alpha value is -0.810. The number of fused-ring (bicyclic) bond motifs is 2. The number of unbranched alkanes of at least 4 members (excludes halogenated alkanes) is 5. The molecule has 0 aliphatic carbocycles. The number of halogens is 2. The van der Waals surface area contributed by atoms with Crippen LogP contribution in [0.25, 0.3) is 0 Å². The Balaban J connectivity index is 1.81. The highest BCUT2D eigenvalue weighted by Crippen LogP contribution is 2.51. The number of rotatable bonds is 7. The summed E-state index contributed by atoms with van der Waals surface area (Å²) in [7, 11) is 0. The Morgan fingerprint density at radius 3 is 2.40 bits per heavy atom. The van der Waals surface area contributed by atoms with Crippen LogP contribution >= 0.6 is 23.2 Å². The molecule has 0 N–H and O–H groups in total. The Bertz CT molecular complexity index is 629. The van der Waals surface area contributed by atoms with Gasteiger partial charge in [0.2, 0.25) is 0 Å². The lowest BCUT2D eigenvalue weighted by atomic mass is 10.1. The minimum atomic E-state index is -1.42. The molecule has 0 unspecified atom stereocenters. The minimum Gasteiger partial charge on any atom is -0.338 e. The average Bonchev–Trinajstić information content (AvgIpc) is 2.85. The molecular weight excluding hydrogens is 361 g/mol. The van der Waals surface area contributed by atoms with Crippen LogP contribution in [0, 0.1) is 0 Å². The highest BCUT2D eigenvalue weighted by atomic mass is 35.5. The fourth-order valence-electron chi connectivity index (χ4n) is 3.57. The van der Waals surface area contributed by atoms with E-state index in [1.54, 1.807) is 17.0 Å². The number of nitrogens with zero attached hydrogens (tertiary/aromatic N) is 1. The van der Waals surface area contributed by atoms with Crippen molar-refractivity contribution in [1.29, 1.82) is 0 Å². The molecule has 3 rings (SSSR count). The van der Waals surface area contributed by atoms with E-state index in [2.05, 4.69) is 6.92 Å². The monoisotopic (exact) mass is 385 g/mol. The molecule has 1 saturated heterocycles. The van der Waals surface area contributed by atoms with Gasteiger partial charge in [-0.2, -0.15) is 0 Å². The molecule has 25 heavy (non-hydrogen) atoms. The van der Waals surface area contributed by atoms with Crippen molar-refractivity contribution in [3.63, 3.8) is 0 Å². The molecule has 4 nitrogen and oxygen atoms in total. The molecule has 0 aromatic heterocycles. The van der Waals surface area contributed by atoms with Gasteiger partial charge in [0.1, 0.15) is 0 Å². The maximum Gasteiger partial charge on any atom is 0.292 e. The van der Waals surface area contributed by atoms with Gasteiger partial charge in [-0.25, -0.2) is 0 Å². The summed E-state index contributed by atoms with van der Waals surface area (Å²) in [5.41, 5.74) is 1.21. The molecule has 0 bridgehead atoms. The molecule has 0 atom stereocenters.